The third-order valence-electron chi connectivity index (χ3n) is 3.78. The van der Waals surface area contributed by atoms with Crippen LogP contribution in [0.4, 0.5) is 9.52 Å². The molecular formula is C18H19FN4OS. The van der Waals surface area contributed by atoms with Gasteiger partial charge >= 0.3 is 0 Å². The molecule has 3 rings (SSSR count). The Bertz CT molecular complexity index is 839. The highest BCUT2D eigenvalue weighted by atomic mass is 32.1. The van der Waals surface area contributed by atoms with Gasteiger partial charge in [-0.05, 0) is 18.6 Å². The number of rotatable bonds is 7. The molecule has 0 aliphatic heterocycles. The van der Waals surface area contributed by atoms with Gasteiger partial charge in [-0.2, -0.15) is 0 Å². The summed E-state index contributed by atoms with van der Waals surface area (Å²) in [6, 6.07) is 10.1. The van der Waals surface area contributed by atoms with Crippen molar-refractivity contribution in [2.45, 2.75) is 26.3 Å². The molecule has 0 aliphatic rings. The van der Waals surface area contributed by atoms with Crippen LogP contribution in [0.1, 0.15) is 25.3 Å². The third-order valence-corrected chi connectivity index (χ3v) is 4.81. The minimum atomic E-state index is -0.215. The van der Waals surface area contributed by atoms with Crippen LogP contribution in [-0.4, -0.2) is 26.8 Å². The Labute approximate surface area is 149 Å². The molecule has 2 heterocycles. The fraction of sp³-hybridized carbons (Fsp3) is 0.278. The van der Waals surface area contributed by atoms with Crippen LogP contribution in [0.5, 0.6) is 5.88 Å². The Morgan fingerprint density at radius 1 is 1.20 bits per heavy atom. The van der Waals surface area contributed by atoms with Crippen molar-refractivity contribution < 1.29 is 9.50 Å². The molecule has 0 saturated heterocycles. The molecule has 25 heavy (non-hydrogen) atoms. The van der Waals surface area contributed by atoms with Gasteiger partial charge in [0, 0.05) is 36.5 Å². The first-order valence-corrected chi connectivity index (χ1v) is 8.96. The first-order valence-electron chi connectivity index (χ1n) is 8.14. The number of hydrogen-bond acceptors (Lipinski definition) is 6. The zero-order valence-corrected chi connectivity index (χ0v) is 14.7. The van der Waals surface area contributed by atoms with Crippen LogP contribution in [0.15, 0.2) is 42.6 Å². The average molecular weight is 358 g/mol. The molecule has 1 N–H and O–H groups in total. The predicted octanol–water partition coefficient (Wildman–Crippen LogP) is 4.25. The number of aromatic hydroxyl groups is 1. The Kier molecular flexibility index (Phi) is 5.55. The highest BCUT2D eigenvalue weighted by molar-refractivity contribution is 7.18. The van der Waals surface area contributed by atoms with E-state index >= 15 is 0 Å². The predicted molar refractivity (Wildman–Crippen MR) is 97.2 cm³/mol. The van der Waals surface area contributed by atoms with Crippen LogP contribution in [0, 0.1) is 5.82 Å². The summed E-state index contributed by atoms with van der Waals surface area (Å²) in [6.07, 6.45) is 3.55. The molecule has 2 aromatic heterocycles. The van der Waals surface area contributed by atoms with Gasteiger partial charge in [0.05, 0.1) is 0 Å². The molecule has 0 saturated carbocycles. The van der Waals surface area contributed by atoms with Crippen LogP contribution in [0.2, 0.25) is 0 Å². The maximum atomic E-state index is 14.0. The van der Waals surface area contributed by atoms with Gasteiger partial charge in [-0.1, -0.05) is 42.9 Å². The van der Waals surface area contributed by atoms with E-state index in [0.29, 0.717) is 17.1 Å². The van der Waals surface area contributed by atoms with E-state index in [4.69, 9.17) is 0 Å². The largest absolute Gasteiger partial charge is 0.493 e. The Morgan fingerprint density at radius 2 is 2.04 bits per heavy atom. The minimum absolute atomic E-state index is 0.0524. The lowest BCUT2D eigenvalue weighted by atomic mass is 10.2. The number of aromatic nitrogens is 3. The van der Waals surface area contributed by atoms with Crippen LogP contribution < -0.4 is 4.90 Å². The molecule has 0 spiro atoms. The van der Waals surface area contributed by atoms with E-state index in [9.17, 15) is 9.50 Å². The topological polar surface area (TPSA) is 62.1 Å². The lowest BCUT2D eigenvalue weighted by Gasteiger charge is -2.21. The average Bonchev–Trinajstić information content (AvgIpc) is 3.10. The molecule has 5 nitrogen and oxygen atoms in total. The van der Waals surface area contributed by atoms with Crippen molar-refractivity contribution in [3.05, 3.63) is 54.0 Å². The molecule has 0 fully saturated rings. The van der Waals surface area contributed by atoms with Crippen LogP contribution in [-0.2, 0) is 6.54 Å². The molecule has 0 atom stereocenters. The van der Waals surface area contributed by atoms with Gasteiger partial charge in [-0.3, -0.25) is 0 Å². The molecular weight excluding hydrogens is 339 g/mol. The van der Waals surface area contributed by atoms with E-state index in [1.165, 1.54) is 23.6 Å². The fourth-order valence-corrected chi connectivity index (χ4v) is 3.30. The molecule has 0 radical (unpaired) electrons. The normalized spacial score (nSPS) is 10.8. The van der Waals surface area contributed by atoms with Gasteiger partial charge in [-0.15, -0.1) is 10.2 Å². The summed E-state index contributed by atoms with van der Waals surface area (Å²) in [5, 5.41) is 19.4. The van der Waals surface area contributed by atoms with Crippen LogP contribution >= 0.6 is 11.3 Å². The zero-order chi connectivity index (χ0) is 17.6. The Balaban J connectivity index is 1.85. The first-order chi connectivity index (χ1) is 12.2. The maximum absolute atomic E-state index is 14.0. The lowest BCUT2D eigenvalue weighted by molar-refractivity contribution is 0.454. The number of halogens is 1. The highest BCUT2D eigenvalue weighted by Gasteiger charge is 2.16. The summed E-state index contributed by atoms with van der Waals surface area (Å²) in [6.45, 7) is 3.34. The van der Waals surface area contributed by atoms with Crippen LogP contribution in [0.25, 0.3) is 10.6 Å². The summed E-state index contributed by atoms with van der Waals surface area (Å²) in [7, 11) is 0. The smallest absolute Gasteiger partial charge is 0.211 e. The second-order valence-corrected chi connectivity index (χ2v) is 6.61. The van der Waals surface area contributed by atoms with E-state index in [1.54, 1.807) is 24.3 Å². The summed E-state index contributed by atoms with van der Waals surface area (Å²) in [4.78, 5) is 5.82. The summed E-state index contributed by atoms with van der Waals surface area (Å²) < 4.78 is 14.0. The summed E-state index contributed by atoms with van der Waals surface area (Å²) in [5.74, 6) is -0.267. The van der Waals surface area contributed by atoms with Crippen molar-refractivity contribution in [1.82, 2.24) is 15.2 Å². The molecule has 3 aromatic rings. The third kappa shape index (κ3) is 4.30. The van der Waals surface area contributed by atoms with Crippen molar-refractivity contribution in [1.29, 1.82) is 0 Å². The Hall–Kier alpha value is -2.54. The second-order valence-electron chi connectivity index (χ2n) is 5.66. The monoisotopic (exact) mass is 358 g/mol. The van der Waals surface area contributed by atoms with E-state index in [-0.39, 0.29) is 11.7 Å². The molecule has 0 amide bonds. The van der Waals surface area contributed by atoms with Crippen molar-refractivity contribution in [2.75, 3.05) is 11.4 Å². The van der Waals surface area contributed by atoms with E-state index in [0.717, 1.165) is 30.1 Å². The van der Waals surface area contributed by atoms with Gasteiger partial charge in [0.2, 0.25) is 11.0 Å². The molecule has 0 unspecified atom stereocenters. The molecule has 0 aliphatic carbocycles. The maximum Gasteiger partial charge on any atom is 0.211 e. The quantitative estimate of drug-likeness (QED) is 0.684. The van der Waals surface area contributed by atoms with E-state index in [1.807, 2.05) is 11.0 Å². The first kappa shape index (κ1) is 17.3. The zero-order valence-electron chi connectivity index (χ0n) is 13.9. The van der Waals surface area contributed by atoms with Gasteiger partial charge in [0.25, 0.3) is 0 Å². The van der Waals surface area contributed by atoms with Crippen molar-refractivity contribution in [2.24, 2.45) is 0 Å². The highest BCUT2D eigenvalue weighted by Crippen LogP contribution is 2.30. The molecule has 1 aromatic carbocycles. The number of pyridine rings is 1. The number of hydrogen-bond donors (Lipinski definition) is 1. The molecule has 7 heteroatoms. The summed E-state index contributed by atoms with van der Waals surface area (Å²) >= 11 is 1.42. The van der Waals surface area contributed by atoms with Gasteiger partial charge in [0.15, 0.2) is 0 Å². The number of benzene rings is 1. The summed E-state index contributed by atoms with van der Waals surface area (Å²) in [5.41, 5.74) is 1.40. The van der Waals surface area contributed by atoms with Crippen molar-refractivity contribution in [3.8, 4) is 16.5 Å². The van der Waals surface area contributed by atoms with E-state index in [2.05, 4.69) is 22.1 Å². The van der Waals surface area contributed by atoms with Crippen LogP contribution in [0.3, 0.4) is 0 Å². The molecule has 130 valence electrons. The minimum Gasteiger partial charge on any atom is -0.493 e. The fourth-order valence-electron chi connectivity index (χ4n) is 2.43. The number of unbranched alkanes of at least 4 members (excludes halogenated alkanes) is 1. The van der Waals surface area contributed by atoms with Crippen molar-refractivity contribution in [3.63, 3.8) is 0 Å². The van der Waals surface area contributed by atoms with Gasteiger partial charge in [-0.25, -0.2) is 9.37 Å². The standard InChI is InChI=1S/C18H19FN4OS/c1-2-3-10-23(12-14-6-4-5-7-15(14)19)18-22-21-17(25-18)13-8-9-20-16(24)11-13/h4-9,11H,2-3,10,12H2,1H3,(H,20,24). The molecule has 0 bridgehead atoms. The van der Waals surface area contributed by atoms with Crippen molar-refractivity contribution >= 4 is 16.5 Å². The lowest BCUT2D eigenvalue weighted by Crippen LogP contribution is -2.24. The SMILES string of the molecule is CCCCN(Cc1ccccc1F)c1nnc(-c2ccnc(O)c2)s1. The van der Waals surface area contributed by atoms with Gasteiger partial charge in [0.1, 0.15) is 10.8 Å². The van der Waals surface area contributed by atoms with E-state index < -0.39 is 0 Å². The Morgan fingerprint density at radius 3 is 2.80 bits per heavy atom. The van der Waals surface area contributed by atoms with Gasteiger partial charge < -0.3 is 10.0 Å². The second kappa shape index (κ2) is 8.02. The number of nitrogens with zero attached hydrogens (tertiary/aromatic N) is 4. The number of anilines is 1.